The van der Waals surface area contributed by atoms with Crippen molar-refractivity contribution >= 4 is 0 Å². The minimum atomic E-state index is 0.562. The molecule has 0 bridgehead atoms. The Morgan fingerprint density at radius 2 is 1.79 bits per heavy atom. The van der Waals surface area contributed by atoms with Crippen LogP contribution < -0.4 is 14.5 Å². The summed E-state index contributed by atoms with van der Waals surface area (Å²) in [6, 6.07) is 12.0. The number of aromatic amines is 1. The van der Waals surface area contributed by atoms with E-state index in [9.17, 15) is 0 Å². The van der Waals surface area contributed by atoms with Gasteiger partial charge in [-0.05, 0) is 70.3 Å². The fourth-order valence-electron chi connectivity index (χ4n) is 3.13. The van der Waals surface area contributed by atoms with Crippen molar-refractivity contribution in [2.45, 2.75) is 27.3 Å². The maximum atomic E-state index is 5.71. The molecule has 0 amide bonds. The molecule has 0 aliphatic carbocycles. The smallest absolute Gasteiger partial charge is 0.378 e. The van der Waals surface area contributed by atoms with E-state index < -0.39 is 0 Å². The number of benzene rings is 2. The number of rotatable bonds is 8. The summed E-state index contributed by atoms with van der Waals surface area (Å²) in [6.45, 7) is 8.03. The van der Waals surface area contributed by atoms with Crippen LogP contribution in [-0.4, -0.2) is 37.4 Å². The number of hydrogen-bond donors (Lipinski definition) is 0. The van der Waals surface area contributed by atoms with Gasteiger partial charge >= 0.3 is 11.7 Å². The first-order valence-corrected chi connectivity index (χ1v) is 9.56. The summed E-state index contributed by atoms with van der Waals surface area (Å²) in [6.07, 6.45) is 0. The van der Waals surface area contributed by atoms with Crippen molar-refractivity contribution in [3.05, 3.63) is 47.5 Å². The van der Waals surface area contributed by atoms with Crippen LogP contribution >= 0.6 is 0 Å². The molecule has 0 spiro atoms. The van der Waals surface area contributed by atoms with Gasteiger partial charge in [-0.15, -0.1) is 0 Å². The number of nitrogens with zero attached hydrogens (tertiary/aromatic N) is 2. The molecule has 0 unspecified atom stereocenters. The third-order valence-electron chi connectivity index (χ3n) is 4.45. The molecular weight excluding hydrogens is 354 g/mol. The number of ether oxygens (including phenoxy) is 2. The summed E-state index contributed by atoms with van der Waals surface area (Å²) >= 11 is 0. The molecule has 6 nitrogen and oxygen atoms in total. The van der Waals surface area contributed by atoms with Gasteiger partial charge in [0.15, 0.2) is 16.7 Å². The summed E-state index contributed by atoms with van der Waals surface area (Å²) in [7, 11) is 4.13. The molecule has 6 heteroatoms. The van der Waals surface area contributed by atoms with Crippen molar-refractivity contribution in [2.24, 2.45) is 0 Å². The van der Waals surface area contributed by atoms with Crippen molar-refractivity contribution in [1.29, 1.82) is 0 Å². The highest BCUT2D eigenvalue weighted by molar-refractivity contribution is 5.62. The molecule has 0 atom stereocenters. The minimum Gasteiger partial charge on any atom is -0.490 e. The van der Waals surface area contributed by atoms with Gasteiger partial charge in [-0.2, -0.15) is 4.98 Å². The molecule has 2 aromatic carbocycles. The number of hydrogen-bond acceptors (Lipinski definition) is 5. The Hall–Kier alpha value is -2.86. The van der Waals surface area contributed by atoms with E-state index >= 15 is 0 Å². The van der Waals surface area contributed by atoms with E-state index in [1.54, 1.807) is 0 Å². The highest BCUT2D eigenvalue weighted by atomic mass is 16.5. The van der Waals surface area contributed by atoms with Crippen LogP contribution in [0.2, 0.25) is 0 Å². The maximum Gasteiger partial charge on any atom is 0.378 e. The highest BCUT2D eigenvalue weighted by Gasteiger charge is 2.22. The third kappa shape index (κ3) is 4.34. The van der Waals surface area contributed by atoms with Crippen LogP contribution in [0.25, 0.3) is 22.8 Å². The quantitative estimate of drug-likeness (QED) is 0.589. The van der Waals surface area contributed by atoms with Crippen molar-refractivity contribution in [3.8, 4) is 34.3 Å². The molecule has 3 rings (SSSR count). The lowest BCUT2D eigenvalue weighted by molar-refractivity contribution is -0.356. The molecule has 0 saturated carbocycles. The van der Waals surface area contributed by atoms with Crippen LogP contribution in [0.15, 0.2) is 40.9 Å². The number of nitrogens with one attached hydrogen (secondary N) is 1. The molecule has 0 aliphatic heterocycles. The molecule has 0 radical (unpaired) electrons. The Labute approximate surface area is 166 Å². The van der Waals surface area contributed by atoms with Gasteiger partial charge in [0.1, 0.15) is 0 Å². The van der Waals surface area contributed by atoms with E-state index in [1.165, 1.54) is 11.1 Å². The lowest BCUT2D eigenvalue weighted by atomic mass is 10.0. The van der Waals surface area contributed by atoms with Crippen molar-refractivity contribution in [2.75, 3.05) is 27.3 Å². The zero-order chi connectivity index (χ0) is 20.1. The summed E-state index contributed by atoms with van der Waals surface area (Å²) in [5, 5.41) is 4.26. The predicted octanol–water partition coefficient (Wildman–Crippen LogP) is 3.99. The molecule has 0 fully saturated rings. The second-order valence-corrected chi connectivity index (χ2v) is 6.84. The zero-order valence-corrected chi connectivity index (χ0v) is 17.2. The molecule has 3 aromatic rings. The fraction of sp³-hybridized carbons (Fsp3) is 0.364. The second kappa shape index (κ2) is 8.89. The van der Waals surface area contributed by atoms with Crippen molar-refractivity contribution in [1.82, 2.24) is 10.1 Å². The van der Waals surface area contributed by atoms with Crippen molar-refractivity contribution < 1.29 is 19.0 Å². The molecule has 1 heterocycles. The third-order valence-corrected chi connectivity index (χ3v) is 4.45. The van der Waals surface area contributed by atoms with Crippen molar-refractivity contribution in [3.63, 3.8) is 0 Å². The van der Waals surface area contributed by atoms with Gasteiger partial charge < -0.3 is 14.4 Å². The van der Waals surface area contributed by atoms with Crippen LogP contribution in [-0.2, 0) is 6.54 Å². The molecule has 0 aliphatic rings. The van der Waals surface area contributed by atoms with Gasteiger partial charge in [-0.3, -0.25) is 0 Å². The Morgan fingerprint density at radius 1 is 1.04 bits per heavy atom. The topological polar surface area (TPSA) is 61.9 Å². The largest absolute Gasteiger partial charge is 0.490 e. The Kier molecular flexibility index (Phi) is 6.31. The van der Waals surface area contributed by atoms with Gasteiger partial charge in [0, 0.05) is 6.54 Å². The van der Waals surface area contributed by atoms with Crippen LogP contribution in [0.5, 0.6) is 11.5 Å². The van der Waals surface area contributed by atoms with Crippen LogP contribution in [0, 0.1) is 6.92 Å². The van der Waals surface area contributed by atoms with Crippen LogP contribution in [0.1, 0.15) is 25.0 Å². The fourth-order valence-corrected chi connectivity index (χ4v) is 3.13. The van der Waals surface area contributed by atoms with Gasteiger partial charge in [0.2, 0.25) is 0 Å². The first-order chi connectivity index (χ1) is 13.5. The lowest BCUT2D eigenvalue weighted by Gasteiger charge is -2.12. The van der Waals surface area contributed by atoms with E-state index in [1.807, 2.05) is 38.1 Å². The first kappa shape index (κ1) is 19.9. The van der Waals surface area contributed by atoms with Crippen LogP contribution in [0.4, 0.5) is 0 Å². The standard InChI is InChI=1S/C22H27N3O3/c1-6-26-19-12-11-16(13-20(19)27-7-2)22-23-21(24-28-22)18-10-8-9-17(15(18)3)14-25(4)5/h8-13H,6-7,14H2,1-5H3/p+1. The average Bonchev–Trinajstić information content (AvgIpc) is 3.15. The van der Waals surface area contributed by atoms with Gasteiger partial charge in [0.25, 0.3) is 0 Å². The normalized spacial score (nSPS) is 11.1. The van der Waals surface area contributed by atoms with Crippen LogP contribution in [0.3, 0.4) is 0 Å². The van der Waals surface area contributed by atoms with Gasteiger partial charge in [0.05, 0.1) is 24.3 Å². The van der Waals surface area contributed by atoms with Gasteiger partial charge in [-0.25, -0.2) is 4.52 Å². The highest BCUT2D eigenvalue weighted by Crippen LogP contribution is 2.32. The monoisotopic (exact) mass is 382 g/mol. The van der Waals surface area contributed by atoms with E-state index in [-0.39, 0.29) is 0 Å². The Morgan fingerprint density at radius 3 is 2.50 bits per heavy atom. The molecule has 1 aromatic heterocycles. The number of aromatic nitrogens is 2. The SMILES string of the molecule is CCOc1ccc(-c2[nH+]c(-c3cccc(CN(C)C)c3C)no2)cc1OCC. The Balaban J connectivity index is 1.94. The first-order valence-electron chi connectivity index (χ1n) is 9.56. The van der Waals surface area contributed by atoms with E-state index in [4.69, 9.17) is 14.0 Å². The maximum absolute atomic E-state index is 5.71. The molecule has 28 heavy (non-hydrogen) atoms. The summed E-state index contributed by atoms with van der Waals surface area (Å²) in [4.78, 5) is 5.45. The predicted molar refractivity (Wildman–Crippen MR) is 108 cm³/mol. The molecular formula is C22H28N3O3+. The number of H-pyrrole nitrogens is 1. The molecule has 0 saturated heterocycles. The average molecular weight is 382 g/mol. The minimum absolute atomic E-state index is 0.562. The van der Waals surface area contributed by atoms with E-state index in [2.05, 4.69) is 48.2 Å². The summed E-state index contributed by atoms with van der Waals surface area (Å²) < 4.78 is 16.9. The Bertz CT molecular complexity index is 935. The molecule has 1 N–H and O–H groups in total. The molecule has 148 valence electrons. The van der Waals surface area contributed by atoms with E-state index in [0.717, 1.165) is 23.4 Å². The lowest BCUT2D eigenvalue weighted by Crippen LogP contribution is -2.13. The van der Waals surface area contributed by atoms with Gasteiger partial charge in [-0.1, -0.05) is 12.1 Å². The van der Waals surface area contributed by atoms with E-state index in [0.29, 0.717) is 30.7 Å². The summed E-state index contributed by atoms with van der Waals surface area (Å²) in [5.41, 5.74) is 4.34. The summed E-state index contributed by atoms with van der Waals surface area (Å²) in [5.74, 6) is 2.70. The second-order valence-electron chi connectivity index (χ2n) is 6.84. The zero-order valence-electron chi connectivity index (χ0n) is 17.2.